The maximum atomic E-state index is 14.3. The summed E-state index contributed by atoms with van der Waals surface area (Å²) in [4.78, 5) is 16.5. The Morgan fingerprint density at radius 2 is 2.11 bits per heavy atom. The van der Waals surface area contributed by atoms with Gasteiger partial charge in [-0.1, -0.05) is 26.0 Å². The molecule has 0 unspecified atom stereocenters. The van der Waals surface area contributed by atoms with E-state index in [2.05, 4.69) is 4.98 Å². The molecule has 3 nitrogen and oxygen atoms in total. The van der Waals surface area contributed by atoms with Gasteiger partial charge < -0.3 is 9.88 Å². The summed E-state index contributed by atoms with van der Waals surface area (Å²) in [6, 6.07) is 5.35. The number of nitrogens with one attached hydrogen (secondary N) is 1. The number of aromatic nitrogens is 1. The Hall–Kier alpha value is -1.84. The van der Waals surface area contributed by atoms with Crippen LogP contribution in [0, 0.1) is 5.82 Å². The summed E-state index contributed by atoms with van der Waals surface area (Å²) in [5, 5.41) is 0.731. The quantitative estimate of drug-likeness (QED) is 0.902. The Morgan fingerprint density at radius 3 is 2.68 bits per heavy atom. The van der Waals surface area contributed by atoms with Gasteiger partial charge in [0.1, 0.15) is 5.69 Å². The van der Waals surface area contributed by atoms with E-state index in [1.807, 2.05) is 26.8 Å². The molecule has 0 saturated carbocycles. The Kier molecular flexibility index (Phi) is 3.60. The molecule has 0 spiro atoms. The van der Waals surface area contributed by atoms with Crippen LogP contribution in [0.5, 0.6) is 0 Å². The highest BCUT2D eigenvalue weighted by atomic mass is 19.1. The van der Waals surface area contributed by atoms with Gasteiger partial charge in [-0.25, -0.2) is 4.39 Å². The van der Waals surface area contributed by atoms with E-state index in [9.17, 15) is 9.18 Å². The zero-order chi connectivity index (χ0) is 14.2. The summed E-state index contributed by atoms with van der Waals surface area (Å²) in [6.07, 6.45) is 0. The van der Waals surface area contributed by atoms with Crippen LogP contribution in [-0.4, -0.2) is 29.4 Å². The molecule has 2 rings (SSSR count). The Morgan fingerprint density at radius 1 is 1.42 bits per heavy atom. The Bertz CT molecular complexity index is 616. The van der Waals surface area contributed by atoms with Crippen LogP contribution in [0.1, 0.15) is 42.7 Å². The maximum Gasteiger partial charge on any atom is 0.270 e. The average molecular weight is 262 g/mol. The fraction of sp³-hybridized carbons (Fsp3) is 0.400. The standard InChI is InChI=1S/C15H19FN2O/c1-5-18(4)15(19)12-8-10-6-7-11(9(2)3)13(16)14(10)17-12/h6-9,17H,5H2,1-4H3. The molecule has 0 saturated heterocycles. The highest BCUT2D eigenvalue weighted by Crippen LogP contribution is 2.26. The number of carbonyl (C=O) groups is 1. The molecule has 0 aliphatic rings. The SMILES string of the molecule is CCN(C)C(=O)c1cc2ccc(C(C)C)c(F)c2[nH]1. The van der Waals surface area contributed by atoms with Crippen LogP contribution < -0.4 is 0 Å². The summed E-state index contributed by atoms with van der Waals surface area (Å²) in [5.74, 6) is -0.264. The zero-order valence-corrected chi connectivity index (χ0v) is 11.7. The molecular formula is C15H19FN2O. The molecule has 0 fully saturated rings. The molecule has 0 bridgehead atoms. The lowest BCUT2D eigenvalue weighted by molar-refractivity contribution is 0.0797. The number of amides is 1. The lowest BCUT2D eigenvalue weighted by atomic mass is 10.0. The van der Waals surface area contributed by atoms with E-state index in [1.165, 1.54) is 0 Å². The number of nitrogens with zero attached hydrogens (tertiary/aromatic N) is 1. The summed E-state index contributed by atoms with van der Waals surface area (Å²) in [5.41, 5.74) is 1.51. The normalized spacial score (nSPS) is 11.3. The molecule has 1 N–H and O–H groups in total. The number of halogens is 1. The van der Waals surface area contributed by atoms with Crippen molar-refractivity contribution in [2.45, 2.75) is 26.7 Å². The molecule has 2 aromatic rings. The van der Waals surface area contributed by atoms with Gasteiger partial charge in [0.25, 0.3) is 5.91 Å². The number of hydrogen-bond acceptors (Lipinski definition) is 1. The third-order valence-corrected chi connectivity index (χ3v) is 3.44. The fourth-order valence-corrected chi connectivity index (χ4v) is 2.09. The van der Waals surface area contributed by atoms with E-state index in [0.717, 1.165) is 5.39 Å². The average Bonchev–Trinajstić information content (AvgIpc) is 2.81. The second-order valence-electron chi connectivity index (χ2n) is 5.09. The van der Waals surface area contributed by atoms with Gasteiger partial charge in [-0.05, 0) is 24.5 Å². The minimum absolute atomic E-state index is 0.116. The van der Waals surface area contributed by atoms with Crippen LogP contribution in [-0.2, 0) is 0 Å². The van der Waals surface area contributed by atoms with Gasteiger partial charge >= 0.3 is 0 Å². The fourth-order valence-electron chi connectivity index (χ4n) is 2.09. The van der Waals surface area contributed by atoms with Crippen LogP contribution in [0.3, 0.4) is 0 Å². The van der Waals surface area contributed by atoms with Crippen LogP contribution >= 0.6 is 0 Å². The molecule has 102 valence electrons. The third kappa shape index (κ3) is 2.35. The van der Waals surface area contributed by atoms with Crippen molar-refractivity contribution in [3.63, 3.8) is 0 Å². The second-order valence-corrected chi connectivity index (χ2v) is 5.09. The van der Waals surface area contributed by atoms with Crippen LogP contribution in [0.2, 0.25) is 0 Å². The Balaban J connectivity index is 2.52. The van der Waals surface area contributed by atoms with Gasteiger partial charge in [0, 0.05) is 19.0 Å². The number of benzene rings is 1. The molecule has 1 amide bonds. The molecule has 1 aromatic carbocycles. The van der Waals surface area contributed by atoms with Crippen LogP contribution in [0.4, 0.5) is 4.39 Å². The summed E-state index contributed by atoms with van der Waals surface area (Å²) in [7, 11) is 1.73. The van der Waals surface area contributed by atoms with Crippen molar-refractivity contribution in [2.75, 3.05) is 13.6 Å². The maximum absolute atomic E-state index is 14.3. The number of hydrogen-bond donors (Lipinski definition) is 1. The van der Waals surface area contributed by atoms with Crippen molar-refractivity contribution in [1.29, 1.82) is 0 Å². The van der Waals surface area contributed by atoms with E-state index in [1.54, 1.807) is 24.1 Å². The molecule has 0 aliphatic heterocycles. The van der Waals surface area contributed by atoms with Crippen molar-refractivity contribution < 1.29 is 9.18 Å². The molecule has 19 heavy (non-hydrogen) atoms. The number of aromatic amines is 1. The first-order valence-electron chi connectivity index (χ1n) is 6.52. The number of fused-ring (bicyclic) bond motifs is 1. The van der Waals surface area contributed by atoms with E-state index in [4.69, 9.17) is 0 Å². The molecule has 0 aliphatic carbocycles. The van der Waals surface area contributed by atoms with Crippen molar-refractivity contribution in [1.82, 2.24) is 9.88 Å². The minimum atomic E-state index is -0.259. The third-order valence-electron chi connectivity index (χ3n) is 3.44. The summed E-state index contributed by atoms with van der Waals surface area (Å²) < 4.78 is 14.3. The highest BCUT2D eigenvalue weighted by Gasteiger charge is 2.17. The minimum Gasteiger partial charge on any atom is -0.348 e. The van der Waals surface area contributed by atoms with Crippen molar-refractivity contribution in [3.8, 4) is 0 Å². The molecule has 0 radical (unpaired) electrons. The van der Waals surface area contributed by atoms with E-state index >= 15 is 0 Å². The van der Waals surface area contributed by atoms with Gasteiger partial charge in [-0.3, -0.25) is 4.79 Å². The first kappa shape index (κ1) is 13.6. The topological polar surface area (TPSA) is 36.1 Å². The van der Waals surface area contributed by atoms with Crippen LogP contribution in [0.15, 0.2) is 18.2 Å². The first-order chi connectivity index (χ1) is 8.95. The number of carbonyl (C=O) groups excluding carboxylic acids is 1. The monoisotopic (exact) mass is 262 g/mol. The number of rotatable bonds is 3. The molecule has 4 heteroatoms. The Labute approximate surface area is 112 Å². The molecule has 1 heterocycles. The zero-order valence-electron chi connectivity index (χ0n) is 11.7. The van der Waals surface area contributed by atoms with Gasteiger partial charge in [-0.2, -0.15) is 0 Å². The van der Waals surface area contributed by atoms with E-state index in [-0.39, 0.29) is 17.6 Å². The van der Waals surface area contributed by atoms with Crippen molar-refractivity contribution in [2.24, 2.45) is 0 Å². The van der Waals surface area contributed by atoms with Gasteiger partial charge in [0.05, 0.1) is 5.52 Å². The molecule has 1 aromatic heterocycles. The molecular weight excluding hydrogens is 243 g/mol. The predicted molar refractivity (Wildman–Crippen MR) is 75.0 cm³/mol. The lowest BCUT2D eigenvalue weighted by Crippen LogP contribution is -2.26. The van der Waals surface area contributed by atoms with Crippen molar-refractivity contribution >= 4 is 16.8 Å². The second kappa shape index (κ2) is 5.03. The lowest BCUT2D eigenvalue weighted by Gasteiger charge is -2.12. The van der Waals surface area contributed by atoms with Crippen molar-refractivity contribution in [3.05, 3.63) is 35.3 Å². The number of H-pyrrole nitrogens is 1. The summed E-state index contributed by atoms with van der Waals surface area (Å²) >= 11 is 0. The van der Waals surface area contributed by atoms with E-state index < -0.39 is 0 Å². The van der Waals surface area contributed by atoms with E-state index in [0.29, 0.717) is 23.3 Å². The largest absolute Gasteiger partial charge is 0.348 e. The first-order valence-corrected chi connectivity index (χ1v) is 6.52. The van der Waals surface area contributed by atoms with Gasteiger partial charge in [0.15, 0.2) is 5.82 Å². The van der Waals surface area contributed by atoms with Gasteiger partial charge in [0.2, 0.25) is 0 Å². The highest BCUT2D eigenvalue weighted by molar-refractivity contribution is 5.98. The van der Waals surface area contributed by atoms with Gasteiger partial charge in [-0.15, -0.1) is 0 Å². The van der Waals surface area contributed by atoms with Crippen LogP contribution in [0.25, 0.3) is 10.9 Å². The smallest absolute Gasteiger partial charge is 0.270 e. The summed E-state index contributed by atoms with van der Waals surface area (Å²) in [6.45, 7) is 6.42. The predicted octanol–water partition coefficient (Wildman–Crippen LogP) is 3.52. The molecule has 0 atom stereocenters.